The van der Waals surface area contributed by atoms with Crippen LogP contribution in [-0.4, -0.2) is 39.0 Å². The van der Waals surface area contributed by atoms with Gasteiger partial charge in [0.1, 0.15) is 5.82 Å². The fraction of sp³-hybridized carbons (Fsp3) is 0.444. The number of piperidine rings is 1. The second kappa shape index (κ2) is 6.54. The molecule has 0 atom stereocenters. The van der Waals surface area contributed by atoms with Crippen molar-refractivity contribution in [2.45, 2.75) is 32.7 Å². The summed E-state index contributed by atoms with van der Waals surface area (Å²) < 4.78 is 0. The monoisotopic (exact) mass is 313 g/mol. The number of carbonyl (C=O) groups is 1. The second-order valence-electron chi connectivity index (χ2n) is 6.34. The highest BCUT2D eigenvalue weighted by Gasteiger charge is 2.39. The number of benzene rings is 1. The van der Waals surface area contributed by atoms with Gasteiger partial charge in [-0.3, -0.25) is 9.69 Å². The van der Waals surface area contributed by atoms with Gasteiger partial charge in [0.2, 0.25) is 0 Å². The van der Waals surface area contributed by atoms with Crippen molar-refractivity contribution in [1.29, 1.82) is 0 Å². The van der Waals surface area contributed by atoms with E-state index >= 15 is 0 Å². The van der Waals surface area contributed by atoms with Crippen LogP contribution in [0.3, 0.4) is 0 Å². The lowest BCUT2D eigenvalue weighted by molar-refractivity contribution is -0.152. The van der Waals surface area contributed by atoms with E-state index in [1.54, 1.807) is 0 Å². The van der Waals surface area contributed by atoms with Gasteiger partial charge in [-0.05, 0) is 32.4 Å². The van der Waals surface area contributed by atoms with E-state index in [9.17, 15) is 9.90 Å². The van der Waals surface area contributed by atoms with E-state index < -0.39 is 11.4 Å². The molecule has 0 amide bonds. The Morgan fingerprint density at radius 2 is 2.00 bits per heavy atom. The van der Waals surface area contributed by atoms with Gasteiger partial charge in [0, 0.05) is 24.0 Å². The quantitative estimate of drug-likeness (QED) is 0.889. The van der Waals surface area contributed by atoms with E-state index in [-0.39, 0.29) is 0 Å². The molecule has 23 heavy (non-hydrogen) atoms. The number of nitrogens with zero attached hydrogens (tertiary/aromatic N) is 2. The molecule has 2 N–H and O–H groups in total. The van der Waals surface area contributed by atoms with Crippen LogP contribution in [0.4, 0.5) is 0 Å². The predicted molar refractivity (Wildman–Crippen MR) is 88.9 cm³/mol. The molecule has 5 nitrogen and oxygen atoms in total. The fourth-order valence-corrected chi connectivity index (χ4v) is 3.28. The summed E-state index contributed by atoms with van der Waals surface area (Å²) in [5.74, 6) is 0.235. The average Bonchev–Trinajstić information content (AvgIpc) is 3.05. The second-order valence-corrected chi connectivity index (χ2v) is 6.34. The third-order valence-electron chi connectivity index (χ3n) is 5.01. The average molecular weight is 313 g/mol. The molecular formula is C18H23N3O2. The first-order chi connectivity index (χ1) is 11.1. The summed E-state index contributed by atoms with van der Waals surface area (Å²) in [6.45, 7) is 4.41. The van der Waals surface area contributed by atoms with Gasteiger partial charge in [-0.25, -0.2) is 4.98 Å². The van der Waals surface area contributed by atoms with Gasteiger partial charge in [0.25, 0.3) is 0 Å². The molecule has 1 aliphatic rings. The van der Waals surface area contributed by atoms with E-state index in [2.05, 4.69) is 14.9 Å². The zero-order chi connectivity index (χ0) is 16.3. The topological polar surface area (TPSA) is 69.2 Å². The first-order valence-electron chi connectivity index (χ1n) is 8.18. The molecule has 3 rings (SSSR count). The van der Waals surface area contributed by atoms with Crippen LogP contribution in [0, 0.1) is 5.41 Å². The molecule has 1 aliphatic heterocycles. The summed E-state index contributed by atoms with van der Waals surface area (Å²) in [7, 11) is 0. The number of aliphatic carboxylic acids is 1. The Morgan fingerprint density at radius 3 is 2.61 bits per heavy atom. The van der Waals surface area contributed by atoms with Crippen molar-refractivity contribution >= 4 is 5.97 Å². The van der Waals surface area contributed by atoms with Crippen LogP contribution >= 0.6 is 0 Å². The Labute approximate surface area is 136 Å². The number of nitrogens with one attached hydrogen (secondary N) is 1. The number of rotatable bonds is 5. The van der Waals surface area contributed by atoms with E-state index in [1.807, 2.05) is 43.5 Å². The molecule has 5 heteroatoms. The largest absolute Gasteiger partial charge is 0.481 e. The van der Waals surface area contributed by atoms with Crippen LogP contribution in [0.1, 0.15) is 31.9 Å². The third kappa shape index (κ3) is 3.29. The van der Waals surface area contributed by atoms with Gasteiger partial charge in [0.05, 0.1) is 5.41 Å². The van der Waals surface area contributed by atoms with Crippen LogP contribution in [0.5, 0.6) is 0 Å². The van der Waals surface area contributed by atoms with Crippen molar-refractivity contribution in [2.75, 3.05) is 13.1 Å². The Hall–Kier alpha value is -2.14. The summed E-state index contributed by atoms with van der Waals surface area (Å²) >= 11 is 0. The normalized spacial score (nSPS) is 18.0. The van der Waals surface area contributed by atoms with Crippen molar-refractivity contribution < 1.29 is 9.90 Å². The van der Waals surface area contributed by atoms with Crippen LogP contribution in [-0.2, 0) is 11.3 Å². The summed E-state index contributed by atoms with van der Waals surface area (Å²) in [6, 6.07) is 10.1. The number of carboxylic acid groups (broad SMARTS) is 1. The molecule has 0 bridgehead atoms. The van der Waals surface area contributed by atoms with E-state index in [0.29, 0.717) is 6.42 Å². The molecule has 1 fully saturated rings. The maximum atomic E-state index is 11.5. The summed E-state index contributed by atoms with van der Waals surface area (Å²) in [4.78, 5) is 21.6. The number of carboxylic acids is 1. The molecule has 122 valence electrons. The number of hydrogen-bond acceptors (Lipinski definition) is 3. The number of likely N-dealkylation sites (tertiary alicyclic amines) is 1. The summed E-state index contributed by atoms with van der Waals surface area (Å²) in [5, 5.41) is 9.46. The van der Waals surface area contributed by atoms with Crippen molar-refractivity contribution in [3.8, 4) is 11.4 Å². The maximum Gasteiger partial charge on any atom is 0.309 e. The van der Waals surface area contributed by atoms with Gasteiger partial charge in [-0.2, -0.15) is 0 Å². The molecule has 1 aromatic carbocycles. The zero-order valence-electron chi connectivity index (χ0n) is 13.5. The lowest BCUT2D eigenvalue weighted by Gasteiger charge is -2.38. The van der Waals surface area contributed by atoms with Gasteiger partial charge in [0.15, 0.2) is 0 Å². The lowest BCUT2D eigenvalue weighted by atomic mass is 9.76. The van der Waals surface area contributed by atoms with Crippen LogP contribution in [0.15, 0.2) is 36.5 Å². The highest BCUT2D eigenvalue weighted by molar-refractivity contribution is 5.74. The van der Waals surface area contributed by atoms with Crippen molar-refractivity contribution in [2.24, 2.45) is 5.41 Å². The predicted octanol–water partition coefficient (Wildman–Crippen LogP) is 3.15. The van der Waals surface area contributed by atoms with Crippen LogP contribution < -0.4 is 0 Å². The number of H-pyrrole nitrogens is 1. The molecule has 1 aromatic heterocycles. The minimum Gasteiger partial charge on any atom is -0.481 e. The van der Waals surface area contributed by atoms with Crippen LogP contribution in [0.2, 0.25) is 0 Å². The molecule has 0 radical (unpaired) electrons. The lowest BCUT2D eigenvalue weighted by Crippen LogP contribution is -2.43. The Bertz CT molecular complexity index is 658. The molecule has 2 aromatic rings. The van der Waals surface area contributed by atoms with Gasteiger partial charge in [-0.1, -0.05) is 37.3 Å². The number of aromatic amines is 1. The maximum absolute atomic E-state index is 11.5. The Kier molecular flexibility index (Phi) is 4.48. The van der Waals surface area contributed by atoms with Crippen LogP contribution in [0.25, 0.3) is 11.4 Å². The first-order valence-corrected chi connectivity index (χ1v) is 8.18. The highest BCUT2D eigenvalue weighted by atomic mass is 16.4. The van der Waals surface area contributed by atoms with Gasteiger partial charge < -0.3 is 10.1 Å². The molecule has 0 aliphatic carbocycles. The molecule has 2 heterocycles. The van der Waals surface area contributed by atoms with Crippen molar-refractivity contribution in [3.63, 3.8) is 0 Å². The van der Waals surface area contributed by atoms with Crippen molar-refractivity contribution in [3.05, 3.63) is 42.2 Å². The third-order valence-corrected chi connectivity index (χ3v) is 5.01. The molecular weight excluding hydrogens is 290 g/mol. The highest BCUT2D eigenvalue weighted by Crippen LogP contribution is 2.35. The summed E-state index contributed by atoms with van der Waals surface area (Å²) in [5.41, 5.74) is 1.62. The molecule has 0 saturated carbocycles. The SMILES string of the molecule is CCC1(C(=O)O)CCN(Cc2cnc(-c3ccccc3)[nH]2)CC1. The molecule has 0 unspecified atom stereocenters. The summed E-state index contributed by atoms with van der Waals surface area (Å²) in [6.07, 6.45) is 4.02. The number of imidazole rings is 1. The Balaban J connectivity index is 1.62. The van der Waals surface area contributed by atoms with E-state index in [1.165, 1.54) is 0 Å². The Morgan fingerprint density at radius 1 is 1.30 bits per heavy atom. The van der Waals surface area contributed by atoms with E-state index in [4.69, 9.17) is 0 Å². The standard InChI is InChI=1S/C18H23N3O2/c1-2-18(17(22)23)8-10-21(11-9-18)13-15-12-19-16(20-15)14-6-4-3-5-7-14/h3-7,12H,2,8-11,13H2,1H3,(H,19,20)(H,22,23). The number of hydrogen-bond donors (Lipinski definition) is 2. The van der Waals surface area contributed by atoms with Gasteiger partial charge in [-0.15, -0.1) is 0 Å². The minimum atomic E-state index is -0.646. The molecule has 0 spiro atoms. The first kappa shape index (κ1) is 15.7. The molecule has 1 saturated heterocycles. The van der Waals surface area contributed by atoms with E-state index in [0.717, 1.165) is 49.6 Å². The minimum absolute atomic E-state index is 0.528. The number of aromatic nitrogens is 2. The smallest absolute Gasteiger partial charge is 0.309 e. The van der Waals surface area contributed by atoms with Crippen molar-refractivity contribution in [1.82, 2.24) is 14.9 Å². The zero-order valence-corrected chi connectivity index (χ0v) is 13.5. The van der Waals surface area contributed by atoms with Gasteiger partial charge >= 0.3 is 5.97 Å². The fourth-order valence-electron chi connectivity index (χ4n) is 3.28.